The van der Waals surface area contributed by atoms with E-state index < -0.39 is 5.97 Å². The zero-order valence-electron chi connectivity index (χ0n) is 8.10. The van der Waals surface area contributed by atoms with Crippen LogP contribution in [0.3, 0.4) is 0 Å². The minimum absolute atomic E-state index is 0.128. The van der Waals surface area contributed by atoms with Gasteiger partial charge in [0.2, 0.25) is 0 Å². The summed E-state index contributed by atoms with van der Waals surface area (Å²) in [5.74, 6) is -0.980. The number of aryl methyl sites for hydroxylation is 2. The number of carboxylic acid groups (broad SMARTS) is 1. The molecule has 0 aliphatic heterocycles. The van der Waals surface area contributed by atoms with Crippen LogP contribution < -0.4 is 0 Å². The summed E-state index contributed by atoms with van der Waals surface area (Å²) in [6, 6.07) is 3.63. The van der Waals surface area contributed by atoms with Gasteiger partial charge in [0.05, 0.1) is 5.57 Å². The fourth-order valence-electron chi connectivity index (χ4n) is 1.24. The van der Waals surface area contributed by atoms with E-state index in [9.17, 15) is 4.79 Å². The Morgan fingerprint density at radius 3 is 2.14 bits per heavy atom. The summed E-state index contributed by atoms with van der Waals surface area (Å²) in [5, 5.41) is 8.78. The van der Waals surface area contributed by atoms with Crippen LogP contribution in [0.5, 0.6) is 0 Å². The molecule has 1 aromatic carbocycles. The zero-order valence-corrected chi connectivity index (χ0v) is 9.68. The first-order chi connectivity index (χ1) is 6.43. The summed E-state index contributed by atoms with van der Waals surface area (Å²) >= 11 is 3.42. The molecule has 0 unspecified atom stereocenters. The number of benzene rings is 1. The molecule has 0 atom stereocenters. The van der Waals surface area contributed by atoms with Gasteiger partial charge in [0.25, 0.3) is 0 Å². The molecule has 0 fully saturated rings. The summed E-state index contributed by atoms with van der Waals surface area (Å²) in [5.41, 5.74) is 2.82. The molecule has 1 aromatic rings. The average Bonchev–Trinajstić information content (AvgIpc) is 2.12. The van der Waals surface area contributed by atoms with E-state index in [0.717, 1.165) is 15.6 Å². The minimum Gasteiger partial charge on any atom is -0.478 e. The molecule has 2 nitrogen and oxygen atoms in total. The third-order valence-corrected chi connectivity index (χ3v) is 3.29. The van der Waals surface area contributed by atoms with Gasteiger partial charge in [0, 0.05) is 4.47 Å². The van der Waals surface area contributed by atoms with Crippen LogP contribution >= 0.6 is 15.9 Å². The largest absolute Gasteiger partial charge is 0.478 e. The first kappa shape index (κ1) is 11.0. The zero-order chi connectivity index (χ0) is 10.9. The van der Waals surface area contributed by atoms with Crippen molar-refractivity contribution in [1.29, 1.82) is 0 Å². The summed E-state index contributed by atoms with van der Waals surface area (Å²) in [7, 11) is 0. The van der Waals surface area contributed by atoms with E-state index in [0.29, 0.717) is 5.56 Å². The monoisotopic (exact) mass is 254 g/mol. The van der Waals surface area contributed by atoms with E-state index >= 15 is 0 Å². The van der Waals surface area contributed by atoms with Gasteiger partial charge in [-0.25, -0.2) is 4.79 Å². The van der Waals surface area contributed by atoms with Crippen molar-refractivity contribution in [2.24, 2.45) is 0 Å². The predicted octanol–water partition coefficient (Wildman–Crippen LogP) is 3.16. The van der Waals surface area contributed by atoms with Crippen molar-refractivity contribution in [1.82, 2.24) is 0 Å². The molecular formula is C11H11BrO2. The highest BCUT2D eigenvalue weighted by molar-refractivity contribution is 9.10. The van der Waals surface area contributed by atoms with Crippen LogP contribution in [-0.2, 0) is 4.79 Å². The molecule has 0 amide bonds. The first-order valence-corrected chi connectivity index (χ1v) is 4.92. The van der Waals surface area contributed by atoms with Crippen molar-refractivity contribution in [2.45, 2.75) is 13.8 Å². The maximum atomic E-state index is 10.7. The van der Waals surface area contributed by atoms with Crippen molar-refractivity contribution in [3.8, 4) is 0 Å². The van der Waals surface area contributed by atoms with E-state index in [4.69, 9.17) is 5.11 Å². The van der Waals surface area contributed by atoms with Crippen LogP contribution in [0.2, 0.25) is 0 Å². The lowest BCUT2D eigenvalue weighted by Crippen LogP contribution is -1.99. The van der Waals surface area contributed by atoms with Gasteiger partial charge in [0.1, 0.15) is 0 Å². The second-order valence-electron chi connectivity index (χ2n) is 3.21. The summed E-state index contributed by atoms with van der Waals surface area (Å²) in [6.45, 7) is 7.37. The van der Waals surface area contributed by atoms with Crippen molar-refractivity contribution in [3.63, 3.8) is 0 Å². The molecule has 1 rings (SSSR count). The summed E-state index contributed by atoms with van der Waals surface area (Å²) < 4.78 is 1.01. The Balaban J connectivity index is 3.26. The quantitative estimate of drug-likeness (QED) is 0.824. The van der Waals surface area contributed by atoms with Crippen LogP contribution in [0.15, 0.2) is 23.2 Å². The number of hydrogen-bond acceptors (Lipinski definition) is 1. The molecule has 0 saturated carbocycles. The average molecular weight is 255 g/mol. The lowest BCUT2D eigenvalue weighted by molar-refractivity contribution is -0.130. The molecule has 74 valence electrons. The second-order valence-corrected chi connectivity index (χ2v) is 4.00. The number of rotatable bonds is 2. The molecular weight excluding hydrogens is 244 g/mol. The van der Waals surface area contributed by atoms with E-state index in [1.165, 1.54) is 0 Å². The Bertz CT molecular complexity index is 385. The van der Waals surface area contributed by atoms with Gasteiger partial charge in [-0.1, -0.05) is 34.6 Å². The molecule has 0 saturated heterocycles. The molecule has 0 aromatic heterocycles. The van der Waals surface area contributed by atoms with Gasteiger partial charge < -0.3 is 5.11 Å². The Hall–Kier alpha value is -1.09. The maximum Gasteiger partial charge on any atom is 0.335 e. The third kappa shape index (κ3) is 2.04. The Kier molecular flexibility index (Phi) is 3.11. The summed E-state index contributed by atoms with van der Waals surface area (Å²) in [4.78, 5) is 10.7. The minimum atomic E-state index is -0.980. The molecule has 0 heterocycles. The maximum absolute atomic E-state index is 10.7. The highest BCUT2D eigenvalue weighted by Gasteiger charge is 2.09. The smallest absolute Gasteiger partial charge is 0.335 e. The van der Waals surface area contributed by atoms with Crippen molar-refractivity contribution < 1.29 is 9.90 Å². The lowest BCUT2D eigenvalue weighted by atomic mass is 10.0. The molecule has 0 aliphatic carbocycles. The molecule has 0 aliphatic rings. The van der Waals surface area contributed by atoms with E-state index in [2.05, 4.69) is 22.5 Å². The topological polar surface area (TPSA) is 37.3 Å². The van der Waals surface area contributed by atoms with Crippen LogP contribution in [0.4, 0.5) is 0 Å². The van der Waals surface area contributed by atoms with Crippen LogP contribution in [0, 0.1) is 13.8 Å². The molecule has 1 N–H and O–H groups in total. The molecule has 0 spiro atoms. The van der Waals surface area contributed by atoms with Crippen molar-refractivity contribution in [3.05, 3.63) is 39.9 Å². The fourth-order valence-corrected chi connectivity index (χ4v) is 1.47. The van der Waals surface area contributed by atoms with Crippen LogP contribution in [0.1, 0.15) is 16.7 Å². The Morgan fingerprint density at radius 2 is 1.79 bits per heavy atom. The number of hydrogen-bond donors (Lipinski definition) is 1. The van der Waals surface area contributed by atoms with Gasteiger partial charge >= 0.3 is 5.97 Å². The normalized spacial score (nSPS) is 9.93. The highest BCUT2D eigenvalue weighted by atomic mass is 79.9. The first-order valence-electron chi connectivity index (χ1n) is 4.12. The van der Waals surface area contributed by atoms with E-state index in [-0.39, 0.29) is 5.57 Å². The van der Waals surface area contributed by atoms with Crippen molar-refractivity contribution in [2.75, 3.05) is 0 Å². The van der Waals surface area contributed by atoms with Crippen LogP contribution in [-0.4, -0.2) is 11.1 Å². The number of carboxylic acids is 1. The molecule has 0 bridgehead atoms. The lowest BCUT2D eigenvalue weighted by Gasteiger charge is -2.07. The Morgan fingerprint density at radius 1 is 1.36 bits per heavy atom. The number of aliphatic carboxylic acids is 1. The molecule has 14 heavy (non-hydrogen) atoms. The van der Waals surface area contributed by atoms with Crippen LogP contribution in [0.25, 0.3) is 5.57 Å². The van der Waals surface area contributed by atoms with Crippen molar-refractivity contribution >= 4 is 27.5 Å². The number of halogens is 1. The van der Waals surface area contributed by atoms with Gasteiger partial charge in [-0.15, -0.1) is 0 Å². The van der Waals surface area contributed by atoms with Gasteiger partial charge in [-0.05, 0) is 30.5 Å². The van der Waals surface area contributed by atoms with E-state index in [1.54, 1.807) is 0 Å². The van der Waals surface area contributed by atoms with E-state index in [1.807, 2.05) is 26.0 Å². The molecule has 3 heteroatoms. The fraction of sp³-hybridized carbons (Fsp3) is 0.182. The third-order valence-electron chi connectivity index (χ3n) is 2.04. The SMILES string of the molecule is C=C(C(=O)O)c1cc(C)c(Br)c(C)c1. The summed E-state index contributed by atoms with van der Waals surface area (Å²) in [6.07, 6.45) is 0. The second kappa shape index (κ2) is 3.96. The van der Waals surface area contributed by atoms with Gasteiger partial charge in [0.15, 0.2) is 0 Å². The molecule has 0 radical (unpaired) electrons. The predicted molar refractivity (Wildman–Crippen MR) is 60.3 cm³/mol. The van der Waals surface area contributed by atoms with Gasteiger partial charge in [-0.3, -0.25) is 0 Å². The van der Waals surface area contributed by atoms with Gasteiger partial charge in [-0.2, -0.15) is 0 Å². The highest BCUT2D eigenvalue weighted by Crippen LogP contribution is 2.25. The number of carbonyl (C=O) groups is 1. The standard InChI is InChI=1S/C11H11BrO2/c1-6-4-9(8(3)11(13)14)5-7(2)10(6)12/h4-5H,3H2,1-2H3,(H,13,14). The Labute approximate surface area is 91.4 Å².